The molecule has 5 nitrogen and oxygen atoms in total. The minimum absolute atomic E-state index is 0.0804. The lowest BCUT2D eigenvalue weighted by Crippen LogP contribution is -2.01. The molecule has 0 fully saturated rings. The second-order valence-electron chi connectivity index (χ2n) is 4.51. The molecule has 2 N–H and O–H groups in total. The Morgan fingerprint density at radius 1 is 1.05 bits per heavy atom. The smallest absolute Gasteiger partial charge is 0.197 e. The standard InChI is InChI=1S/C16H12O5/c1-20-13-7-6-11(18)15-12(19)8-14(21-16(13)15)9-2-4-10(17)5-3-9/h2-8,17-18H,1H3. The Morgan fingerprint density at radius 3 is 2.43 bits per heavy atom. The van der Waals surface area contributed by atoms with Crippen LogP contribution in [-0.4, -0.2) is 17.3 Å². The zero-order valence-corrected chi connectivity index (χ0v) is 11.2. The van der Waals surface area contributed by atoms with Gasteiger partial charge in [-0.3, -0.25) is 4.79 Å². The van der Waals surface area contributed by atoms with Crippen LogP contribution in [0.3, 0.4) is 0 Å². The molecule has 2 aromatic carbocycles. The number of benzene rings is 2. The predicted molar refractivity (Wildman–Crippen MR) is 77.8 cm³/mol. The Hall–Kier alpha value is -2.95. The summed E-state index contributed by atoms with van der Waals surface area (Å²) in [6, 6.07) is 10.5. The lowest BCUT2D eigenvalue weighted by Gasteiger charge is -2.08. The van der Waals surface area contributed by atoms with Gasteiger partial charge < -0.3 is 19.4 Å². The molecule has 0 amide bonds. The number of rotatable bonds is 2. The topological polar surface area (TPSA) is 79.9 Å². The van der Waals surface area contributed by atoms with Crippen LogP contribution in [0.5, 0.6) is 17.2 Å². The fourth-order valence-electron chi connectivity index (χ4n) is 2.15. The molecule has 0 aliphatic rings. The van der Waals surface area contributed by atoms with Gasteiger partial charge >= 0.3 is 0 Å². The first-order valence-corrected chi connectivity index (χ1v) is 6.23. The van der Waals surface area contributed by atoms with Gasteiger partial charge in [0, 0.05) is 11.6 Å². The second-order valence-corrected chi connectivity index (χ2v) is 4.51. The number of ether oxygens (including phenoxy) is 1. The predicted octanol–water partition coefficient (Wildman–Crippen LogP) is 2.88. The van der Waals surface area contributed by atoms with E-state index < -0.39 is 0 Å². The van der Waals surface area contributed by atoms with Crippen LogP contribution in [0.25, 0.3) is 22.3 Å². The van der Waals surface area contributed by atoms with Gasteiger partial charge in [0.15, 0.2) is 16.8 Å². The van der Waals surface area contributed by atoms with Crippen LogP contribution in [0.2, 0.25) is 0 Å². The van der Waals surface area contributed by atoms with Gasteiger partial charge in [-0.2, -0.15) is 0 Å². The molecule has 0 radical (unpaired) electrons. The van der Waals surface area contributed by atoms with Gasteiger partial charge in [-0.1, -0.05) is 0 Å². The van der Waals surface area contributed by atoms with Crippen molar-refractivity contribution in [1.82, 2.24) is 0 Å². The number of aromatic hydroxyl groups is 2. The largest absolute Gasteiger partial charge is 0.508 e. The quantitative estimate of drug-likeness (QED) is 0.756. The van der Waals surface area contributed by atoms with E-state index in [1.165, 1.54) is 37.4 Å². The number of hydrogen-bond acceptors (Lipinski definition) is 5. The summed E-state index contributed by atoms with van der Waals surface area (Å²) in [5.41, 5.74) is 0.459. The van der Waals surface area contributed by atoms with Crippen molar-refractivity contribution in [2.24, 2.45) is 0 Å². The third-order valence-corrected chi connectivity index (χ3v) is 3.19. The van der Waals surface area contributed by atoms with Crippen LogP contribution >= 0.6 is 0 Å². The number of fused-ring (bicyclic) bond motifs is 1. The fraction of sp³-hybridized carbons (Fsp3) is 0.0625. The molecule has 0 aliphatic carbocycles. The van der Waals surface area contributed by atoms with Crippen molar-refractivity contribution >= 4 is 11.0 Å². The minimum atomic E-state index is -0.365. The zero-order valence-electron chi connectivity index (χ0n) is 11.2. The van der Waals surface area contributed by atoms with Crippen LogP contribution in [0.15, 0.2) is 51.7 Å². The Bertz CT molecular complexity index is 862. The Morgan fingerprint density at radius 2 is 1.76 bits per heavy atom. The molecule has 1 heterocycles. The van der Waals surface area contributed by atoms with Gasteiger partial charge in [-0.25, -0.2) is 0 Å². The van der Waals surface area contributed by atoms with Crippen molar-refractivity contribution in [3.8, 4) is 28.6 Å². The average molecular weight is 284 g/mol. The molecule has 5 heteroatoms. The third-order valence-electron chi connectivity index (χ3n) is 3.19. The van der Waals surface area contributed by atoms with Gasteiger partial charge in [0.1, 0.15) is 22.6 Å². The summed E-state index contributed by atoms with van der Waals surface area (Å²) >= 11 is 0. The van der Waals surface area contributed by atoms with E-state index >= 15 is 0 Å². The molecule has 0 spiro atoms. The SMILES string of the molecule is COc1ccc(O)c2c(=O)cc(-c3ccc(O)cc3)oc12. The number of methoxy groups -OCH3 is 1. The summed E-state index contributed by atoms with van der Waals surface area (Å²) in [7, 11) is 1.46. The second kappa shape index (κ2) is 4.86. The molecular formula is C16H12O5. The van der Waals surface area contributed by atoms with Crippen molar-refractivity contribution in [3.05, 3.63) is 52.7 Å². The average Bonchev–Trinajstić information content (AvgIpc) is 2.48. The van der Waals surface area contributed by atoms with Crippen LogP contribution in [0.1, 0.15) is 0 Å². The molecule has 0 saturated carbocycles. The van der Waals surface area contributed by atoms with Gasteiger partial charge in [0.25, 0.3) is 0 Å². The van der Waals surface area contributed by atoms with Crippen LogP contribution in [0, 0.1) is 0 Å². The van der Waals surface area contributed by atoms with Crippen molar-refractivity contribution < 1.29 is 19.4 Å². The molecule has 3 rings (SSSR count). The van der Waals surface area contributed by atoms with Crippen molar-refractivity contribution in [3.63, 3.8) is 0 Å². The highest BCUT2D eigenvalue weighted by Gasteiger charge is 2.14. The van der Waals surface area contributed by atoms with Gasteiger partial charge in [-0.15, -0.1) is 0 Å². The number of hydrogen-bond donors (Lipinski definition) is 2. The fourth-order valence-corrected chi connectivity index (χ4v) is 2.15. The van der Waals surface area contributed by atoms with E-state index in [9.17, 15) is 15.0 Å². The Labute approximate surface area is 119 Å². The van der Waals surface area contributed by atoms with E-state index in [1.807, 2.05) is 0 Å². The molecule has 3 aromatic rings. The Balaban J connectivity index is 2.32. The van der Waals surface area contributed by atoms with E-state index in [-0.39, 0.29) is 27.9 Å². The van der Waals surface area contributed by atoms with E-state index in [4.69, 9.17) is 9.15 Å². The zero-order chi connectivity index (χ0) is 15.0. The Kier molecular flexibility index (Phi) is 3.02. The first-order chi connectivity index (χ1) is 10.1. The van der Waals surface area contributed by atoms with Crippen LogP contribution in [-0.2, 0) is 0 Å². The highest BCUT2D eigenvalue weighted by Crippen LogP contribution is 2.33. The normalized spacial score (nSPS) is 10.7. The molecule has 1 aromatic heterocycles. The first-order valence-electron chi connectivity index (χ1n) is 6.23. The molecule has 0 aliphatic heterocycles. The van der Waals surface area contributed by atoms with Gasteiger partial charge in [0.05, 0.1) is 7.11 Å². The first kappa shape index (κ1) is 13.1. The lowest BCUT2D eigenvalue weighted by atomic mass is 10.1. The highest BCUT2D eigenvalue weighted by atomic mass is 16.5. The van der Waals surface area contributed by atoms with Crippen molar-refractivity contribution in [2.75, 3.05) is 7.11 Å². The summed E-state index contributed by atoms with van der Waals surface area (Å²) in [5.74, 6) is 0.658. The molecule has 0 unspecified atom stereocenters. The maximum absolute atomic E-state index is 12.2. The molecule has 21 heavy (non-hydrogen) atoms. The molecule has 0 saturated heterocycles. The van der Waals surface area contributed by atoms with E-state index in [2.05, 4.69) is 0 Å². The number of phenols is 2. The molecule has 0 bridgehead atoms. The van der Waals surface area contributed by atoms with Crippen LogP contribution < -0.4 is 10.2 Å². The molecule has 0 atom stereocenters. The number of phenolic OH excluding ortho intramolecular Hbond substituents is 2. The maximum atomic E-state index is 12.2. The van der Waals surface area contributed by atoms with E-state index in [0.29, 0.717) is 17.1 Å². The van der Waals surface area contributed by atoms with Gasteiger partial charge in [-0.05, 0) is 36.4 Å². The van der Waals surface area contributed by atoms with E-state index in [0.717, 1.165) is 0 Å². The molecular weight excluding hydrogens is 272 g/mol. The third kappa shape index (κ3) is 2.18. The summed E-state index contributed by atoms with van der Waals surface area (Å²) < 4.78 is 10.9. The minimum Gasteiger partial charge on any atom is -0.508 e. The summed E-state index contributed by atoms with van der Waals surface area (Å²) in [4.78, 5) is 12.2. The summed E-state index contributed by atoms with van der Waals surface area (Å²) in [6.07, 6.45) is 0. The highest BCUT2D eigenvalue weighted by molar-refractivity contribution is 5.89. The van der Waals surface area contributed by atoms with Crippen molar-refractivity contribution in [1.29, 1.82) is 0 Å². The maximum Gasteiger partial charge on any atom is 0.197 e. The van der Waals surface area contributed by atoms with Gasteiger partial charge in [0.2, 0.25) is 0 Å². The molecule has 106 valence electrons. The van der Waals surface area contributed by atoms with E-state index in [1.54, 1.807) is 12.1 Å². The monoisotopic (exact) mass is 284 g/mol. The summed E-state index contributed by atoms with van der Waals surface area (Å²) in [6.45, 7) is 0. The van der Waals surface area contributed by atoms with Crippen LogP contribution in [0.4, 0.5) is 0 Å². The summed E-state index contributed by atoms with van der Waals surface area (Å²) in [5, 5.41) is 19.2. The van der Waals surface area contributed by atoms with Crippen molar-refractivity contribution in [2.45, 2.75) is 0 Å². The lowest BCUT2D eigenvalue weighted by molar-refractivity contribution is 0.408.